The van der Waals surface area contributed by atoms with Crippen molar-refractivity contribution in [3.63, 3.8) is 0 Å². The van der Waals surface area contributed by atoms with Crippen molar-refractivity contribution in [1.29, 1.82) is 0 Å². The quantitative estimate of drug-likeness (QED) is 0.656. The number of nitro groups is 1. The van der Waals surface area contributed by atoms with Crippen molar-refractivity contribution in [2.24, 2.45) is 0 Å². The highest BCUT2D eigenvalue weighted by molar-refractivity contribution is 6.03. The third-order valence-corrected chi connectivity index (χ3v) is 2.47. The largest absolute Gasteiger partial charge is 0.372 e. The maximum absolute atomic E-state index is 13.3. The number of aromatic nitrogens is 2. The van der Waals surface area contributed by atoms with Crippen molar-refractivity contribution in [2.75, 3.05) is 17.7 Å². The maximum atomic E-state index is 13.3. The number of nitrogens with zero attached hydrogens (tertiary/aromatic N) is 3. The Hall–Kier alpha value is -3.10. The molecule has 1 aromatic heterocycles. The molecule has 0 bridgehead atoms. The fraction of sp³-hybridized carbons (Fsp3) is 0.0833. The number of rotatable bonds is 4. The van der Waals surface area contributed by atoms with Crippen molar-refractivity contribution in [3.8, 4) is 0 Å². The topological polar surface area (TPSA) is 110 Å². The lowest BCUT2D eigenvalue weighted by atomic mass is 10.2. The van der Waals surface area contributed by atoms with Gasteiger partial charge >= 0.3 is 0 Å². The zero-order chi connectivity index (χ0) is 15.4. The van der Waals surface area contributed by atoms with E-state index in [9.17, 15) is 19.3 Å². The van der Waals surface area contributed by atoms with Gasteiger partial charge in [-0.1, -0.05) is 0 Å². The SMILES string of the molecule is CNc1cncc(C(=O)Nc2cc(F)cc([N+](=O)[O-])c2)n1. The van der Waals surface area contributed by atoms with E-state index < -0.39 is 22.3 Å². The smallest absolute Gasteiger partial charge is 0.275 e. The highest BCUT2D eigenvalue weighted by atomic mass is 19.1. The second-order valence-electron chi connectivity index (χ2n) is 3.95. The highest BCUT2D eigenvalue weighted by Gasteiger charge is 2.14. The summed E-state index contributed by atoms with van der Waals surface area (Å²) in [6.45, 7) is 0. The normalized spacial score (nSPS) is 10.0. The molecule has 21 heavy (non-hydrogen) atoms. The molecule has 0 aliphatic carbocycles. The van der Waals surface area contributed by atoms with E-state index in [0.717, 1.165) is 18.2 Å². The summed E-state index contributed by atoms with van der Waals surface area (Å²) in [6, 6.07) is 2.79. The summed E-state index contributed by atoms with van der Waals surface area (Å²) in [4.78, 5) is 29.6. The third-order valence-electron chi connectivity index (χ3n) is 2.47. The second kappa shape index (κ2) is 5.90. The lowest BCUT2D eigenvalue weighted by Gasteiger charge is -2.06. The molecule has 1 aromatic carbocycles. The molecular weight excluding hydrogens is 281 g/mol. The number of amides is 1. The zero-order valence-corrected chi connectivity index (χ0v) is 10.8. The number of benzene rings is 1. The van der Waals surface area contributed by atoms with E-state index in [0.29, 0.717) is 5.82 Å². The van der Waals surface area contributed by atoms with Gasteiger partial charge in [0.25, 0.3) is 11.6 Å². The van der Waals surface area contributed by atoms with Gasteiger partial charge in [0.15, 0.2) is 0 Å². The Bertz CT molecular complexity index is 707. The monoisotopic (exact) mass is 291 g/mol. The van der Waals surface area contributed by atoms with Crippen LogP contribution in [0.4, 0.5) is 21.6 Å². The van der Waals surface area contributed by atoms with Gasteiger partial charge in [0.2, 0.25) is 0 Å². The number of nitro benzene ring substituents is 1. The minimum absolute atomic E-state index is 0.00577. The van der Waals surface area contributed by atoms with E-state index in [1.54, 1.807) is 7.05 Å². The van der Waals surface area contributed by atoms with Gasteiger partial charge in [-0.15, -0.1) is 0 Å². The number of hydrogen-bond acceptors (Lipinski definition) is 6. The summed E-state index contributed by atoms with van der Waals surface area (Å²) < 4.78 is 13.3. The van der Waals surface area contributed by atoms with Gasteiger partial charge in [0, 0.05) is 13.1 Å². The van der Waals surface area contributed by atoms with Crippen LogP contribution in [0.1, 0.15) is 10.5 Å². The van der Waals surface area contributed by atoms with Gasteiger partial charge in [-0.25, -0.2) is 9.37 Å². The van der Waals surface area contributed by atoms with Crippen molar-refractivity contribution < 1.29 is 14.1 Å². The van der Waals surface area contributed by atoms with Gasteiger partial charge in [-0.3, -0.25) is 19.9 Å². The predicted octanol–water partition coefficient (Wildman–Crippen LogP) is 1.82. The molecule has 0 atom stereocenters. The van der Waals surface area contributed by atoms with Gasteiger partial charge in [-0.05, 0) is 6.07 Å². The van der Waals surface area contributed by atoms with Gasteiger partial charge < -0.3 is 10.6 Å². The molecule has 0 unspecified atom stereocenters. The van der Waals surface area contributed by atoms with Gasteiger partial charge in [0.05, 0.1) is 29.1 Å². The molecule has 0 saturated carbocycles. The van der Waals surface area contributed by atoms with E-state index in [4.69, 9.17) is 0 Å². The second-order valence-corrected chi connectivity index (χ2v) is 3.95. The summed E-state index contributed by atoms with van der Waals surface area (Å²) in [5, 5.41) is 15.7. The van der Waals surface area contributed by atoms with Crippen LogP contribution in [0.15, 0.2) is 30.6 Å². The summed E-state index contributed by atoms with van der Waals surface area (Å²) >= 11 is 0. The molecule has 0 aliphatic heterocycles. The lowest BCUT2D eigenvalue weighted by Crippen LogP contribution is -2.15. The Labute approximate surface area is 118 Å². The van der Waals surface area contributed by atoms with Crippen LogP contribution in [0.2, 0.25) is 0 Å². The molecule has 0 fully saturated rings. The number of carbonyl (C=O) groups excluding carboxylic acids is 1. The van der Waals surface area contributed by atoms with Crippen LogP contribution in [-0.4, -0.2) is 27.8 Å². The Morgan fingerprint density at radius 3 is 2.76 bits per heavy atom. The van der Waals surface area contributed by atoms with E-state index in [1.165, 1.54) is 12.4 Å². The lowest BCUT2D eigenvalue weighted by molar-refractivity contribution is -0.385. The zero-order valence-electron chi connectivity index (χ0n) is 10.8. The number of halogens is 1. The standard InChI is InChI=1S/C12H10FN5O3/c1-14-11-6-15-5-10(17-11)12(19)16-8-2-7(13)3-9(4-8)18(20)21/h2-6H,1H3,(H,14,17)(H,16,19). The Balaban J connectivity index is 2.24. The molecule has 0 spiro atoms. The third kappa shape index (κ3) is 3.47. The number of anilines is 2. The molecule has 8 nitrogen and oxygen atoms in total. The first kappa shape index (κ1) is 14.3. The van der Waals surface area contributed by atoms with Crippen molar-refractivity contribution in [1.82, 2.24) is 9.97 Å². The van der Waals surface area contributed by atoms with Crippen LogP contribution >= 0.6 is 0 Å². The highest BCUT2D eigenvalue weighted by Crippen LogP contribution is 2.20. The van der Waals surface area contributed by atoms with Crippen molar-refractivity contribution >= 4 is 23.1 Å². The Morgan fingerprint density at radius 2 is 2.10 bits per heavy atom. The summed E-state index contributed by atoms with van der Waals surface area (Å²) in [7, 11) is 1.61. The van der Waals surface area contributed by atoms with Crippen molar-refractivity contribution in [2.45, 2.75) is 0 Å². The maximum Gasteiger partial charge on any atom is 0.275 e. The minimum atomic E-state index is -0.824. The molecule has 0 saturated heterocycles. The first-order valence-electron chi connectivity index (χ1n) is 5.75. The van der Waals surface area contributed by atoms with Crippen LogP contribution in [0, 0.1) is 15.9 Å². The number of carbonyl (C=O) groups is 1. The fourth-order valence-electron chi connectivity index (χ4n) is 1.54. The molecule has 2 aromatic rings. The first-order valence-corrected chi connectivity index (χ1v) is 5.75. The number of nitrogens with one attached hydrogen (secondary N) is 2. The van der Waals surface area contributed by atoms with Crippen molar-refractivity contribution in [3.05, 3.63) is 52.2 Å². The fourth-order valence-corrected chi connectivity index (χ4v) is 1.54. The Kier molecular flexibility index (Phi) is 4.02. The van der Waals surface area contributed by atoms with E-state index >= 15 is 0 Å². The summed E-state index contributed by atoms with van der Waals surface area (Å²) in [5.41, 5.74) is -0.502. The van der Waals surface area contributed by atoms with Crippen LogP contribution < -0.4 is 10.6 Å². The molecule has 0 radical (unpaired) electrons. The first-order chi connectivity index (χ1) is 9.99. The summed E-state index contributed by atoms with van der Waals surface area (Å²) in [5.74, 6) is -1.10. The van der Waals surface area contributed by atoms with Gasteiger partial charge in [0.1, 0.15) is 17.3 Å². The molecule has 9 heteroatoms. The minimum Gasteiger partial charge on any atom is -0.372 e. The molecule has 1 amide bonds. The van der Waals surface area contributed by atoms with E-state index in [-0.39, 0.29) is 11.4 Å². The number of non-ortho nitro benzene ring substituents is 1. The molecule has 0 aliphatic rings. The van der Waals surface area contributed by atoms with E-state index in [1.807, 2.05) is 0 Å². The van der Waals surface area contributed by atoms with Crippen LogP contribution in [0.25, 0.3) is 0 Å². The average molecular weight is 291 g/mol. The molecular formula is C12H10FN5O3. The number of hydrogen-bond donors (Lipinski definition) is 2. The van der Waals surface area contributed by atoms with Gasteiger partial charge in [-0.2, -0.15) is 0 Å². The molecule has 2 rings (SSSR count). The van der Waals surface area contributed by atoms with Crippen LogP contribution in [-0.2, 0) is 0 Å². The summed E-state index contributed by atoms with van der Waals surface area (Å²) in [6.07, 6.45) is 2.65. The molecule has 108 valence electrons. The average Bonchev–Trinajstić information content (AvgIpc) is 2.46. The van der Waals surface area contributed by atoms with E-state index in [2.05, 4.69) is 20.6 Å². The van der Waals surface area contributed by atoms with Crippen LogP contribution in [0.5, 0.6) is 0 Å². The Morgan fingerprint density at radius 1 is 1.33 bits per heavy atom. The van der Waals surface area contributed by atoms with Crippen LogP contribution in [0.3, 0.4) is 0 Å². The molecule has 1 heterocycles. The molecule has 2 N–H and O–H groups in total. The predicted molar refractivity (Wildman–Crippen MR) is 72.6 cm³/mol.